The highest BCUT2D eigenvalue weighted by Crippen LogP contribution is 2.46. The summed E-state index contributed by atoms with van der Waals surface area (Å²) in [5.41, 5.74) is 3.64. The Balaban J connectivity index is 1.59. The predicted molar refractivity (Wildman–Crippen MR) is 134 cm³/mol. The zero-order valence-electron chi connectivity index (χ0n) is 20.9. The number of aromatic hydroxyl groups is 1. The Labute approximate surface area is 206 Å². The number of carbonyl (C=O) groups excluding carboxylic acids is 1. The van der Waals surface area contributed by atoms with Crippen molar-refractivity contribution in [2.24, 2.45) is 0 Å². The Hall–Kier alpha value is -3.03. The lowest BCUT2D eigenvalue weighted by Crippen LogP contribution is -2.22. The Bertz CT molecular complexity index is 1160. The third-order valence-electron chi connectivity index (χ3n) is 7.44. The van der Waals surface area contributed by atoms with Crippen molar-refractivity contribution >= 4 is 11.9 Å². The third-order valence-corrected chi connectivity index (χ3v) is 7.44. The number of hydrogen-bond acceptors (Lipinski definition) is 7. The van der Waals surface area contributed by atoms with E-state index in [1.807, 2.05) is 25.1 Å². The van der Waals surface area contributed by atoms with Crippen LogP contribution in [0.25, 0.3) is 6.08 Å². The van der Waals surface area contributed by atoms with E-state index in [0.717, 1.165) is 55.7 Å². The molecule has 0 spiro atoms. The van der Waals surface area contributed by atoms with Crippen LogP contribution >= 0.6 is 0 Å². The molecule has 2 saturated heterocycles. The highest BCUT2D eigenvalue weighted by atomic mass is 16.5. The van der Waals surface area contributed by atoms with Crippen LogP contribution in [-0.2, 0) is 13.1 Å². The second-order valence-corrected chi connectivity index (χ2v) is 9.62. The number of carbonyl (C=O) groups is 1. The number of Topliss-reactive ketones (excluding diaryl/α,β-unsaturated/α-hetero) is 1. The lowest BCUT2D eigenvalue weighted by molar-refractivity contribution is 0.101. The molecule has 0 aromatic heterocycles. The smallest absolute Gasteiger partial charge is 0.232 e. The number of para-hydroxylation sites is 1. The number of fused-ring (bicyclic) bond motifs is 1. The molecule has 0 amide bonds. The summed E-state index contributed by atoms with van der Waals surface area (Å²) in [4.78, 5) is 18.4. The van der Waals surface area contributed by atoms with Crippen molar-refractivity contribution in [3.05, 3.63) is 51.8 Å². The number of hydrogen-bond donors (Lipinski definition) is 1. The van der Waals surface area contributed by atoms with Gasteiger partial charge in [-0.05, 0) is 76.5 Å². The first kappa shape index (κ1) is 23.7. The molecule has 3 aliphatic heterocycles. The van der Waals surface area contributed by atoms with Crippen LogP contribution in [0.1, 0.15) is 58.3 Å². The van der Waals surface area contributed by atoms with Crippen molar-refractivity contribution in [3.63, 3.8) is 0 Å². The molecule has 0 aliphatic carbocycles. The van der Waals surface area contributed by atoms with Crippen LogP contribution in [0.3, 0.4) is 0 Å². The van der Waals surface area contributed by atoms with Gasteiger partial charge >= 0.3 is 0 Å². The molecule has 3 heterocycles. The fraction of sp³-hybridized carbons (Fsp3) is 0.464. The van der Waals surface area contributed by atoms with Crippen LogP contribution in [0.5, 0.6) is 23.0 Å². The van der Waals surface area contributed by atoms with E-state index in [2.05, 4.69) is 9.80 Å². The van der Waals surface area contributed by atoms with Gasteiger partial charge in [-0.3, -0.25) is 14.6 Å². The van der Waals surface area contributed by atoms with Crippen molar-refractivity contribution in [3.8, 4) is 23.0 Å². The monoisotopic (exact) mass is 478 g/mol. The zero-order valence-corrected chi connectivity index (χ0v) is 20.9. The first-order valence-electron chi connectivity index (χ1n) is 12.5. The second-order valence-electron chi connectivity index (χ2n) is 9.62. The van der Waals surface area contributed by atoms with E-state index >= 15 is 0 Å². The first-order chi connectivity index (χ1) is 17.0. The van der Waals surface area contributed by atoms with Crippen molar-refractivity contribution in [2.45, 2.75) is 45.7 Å². The minimum absolute atomic E-state index is 0.160. The van der Waals surface area contributed by atoms with Gasteiger partial charge in [0.05, 0.1) is 25.3 Å². The Morgan fingerprint density at radius 2 is 1.60 bits per heavy atom. The van der Waals surface area contributed by atoms with E-state index in [4.69, 9.17) is 14.2 Å². The molecule has 0 atom stereocenters. The average molecular weight is 479 g/mol. The maximum atomic E-state index is 13.7. The lowest BCUT2D eigenvalue weighted by Gasteiger charge is -2.23. The van der Waals surface area contributed by atoms with Crippen molar-refractivity contribution in [1.29, 1.82) is 0 Å². The van der Waals surface area contributed by atoms with Gasteiger partial charge in [0.15, 0.2) is 17.3 Å². The number of methoxy groups -OCH3 is 2. The Morgan fingerprint density at radius 3 is 2.20 bits per heavy atom. The van der Waals surface area contributed by atoms with Crippen LogP contribution in [0.15, 0.2) is 24.0 Å². The number of phenolic OH excluding ortho intramolecular Hbond substituents is 1. The quantitative estimate of drug-likeness (QED) is 0.587. The number of ketones is 1. The second kappa shape index (κ2) is 9.91. The van der Waals surface area contributed by atoms with Gasteiger partial charge in [-0.15, -0.1) is 0 Å². The topological polar surface area (TPSA) is 71.5 Å². The highest BCUT2D eigenvalue weighted by molar-refractivity contribution is 6.16. The van der Waals surface area contributed by atoms with E-state index in [9.17, 15) is 9.90 Å². The number of nitrogens with zero attached hydrogens (tertiary/aromatic N) is 2. The highest BCUT2D eigenvalue weighted by Gasteiger charge is 2.36. The summed E-state index contributed by atoms with van der Waals surface area (Å²) in [6.07, 6.45) is 6.34. The molecule has 3 aliphatic rings. The van der Waals surface area contributed by atoms with Gasteiger partial charge in [0.2, 0.25) is 5.78 Å². The molecular formula is C28H34N2O5. The lowest BCUT2D eigenvalue weighted by atomic mass is 9.93. The predicted octanol–water partition coefficient (Wildman–Crippen LogP) is 4.53. The van der Waals surface area contributed by atoms with E-state index in [0.29, 0.717) is 41.5 Å². The summed E-state index contributed by atoms with van der Waals surface area (Å²) in [6.45, 7) is 7.16. The summed E-state index contributed by atoms with van der Waals surface area (Å²) >= 11 is 0. The number of likely N-dealkylation sites (tertiary alicyclic amines) is 2. The summed E-state index contributed by atoms with van der Waals surface area (Å²) < 4.78 is 17.2. The number of ether oxygens (including phenoxy) is 3. The van der Waals surface area contributed by atoms with E-state index in [1.165, 1.54) is 12.8 Å². The molecule has 7 heteroatoms. The van der Waals surface area contributed by atoms with Crippen LogP contribution in [0.2, 0.25) is 0 Å². The van der Waals surface area contributed by atoms with E-state index in [1.54, 1.807) is 20.3 Å². The van der Waals surface area contributed by atoms with Gasteiger partial charge in [-0.1, -0.05) is 12.1 Å². The van der Waals surface area contributed by atoms with Crippen LogP contribution < -0.4 is 14.2 Å². The normalized spacial score (nSPS) is 19.4. The molecule has 0 bridgehead atoms. The van der Waals surface area contributed by atoms with Crippen LogP contribution in [0.4, 0.5) is 0 Å². The first-order valence-corrected chi connectivity index (χ1v) is 12.5. The molecule has 0 unspecified atom stereocenters. The Morgan fingerprint density at radius 1 is 0.971 bits per heavy atom. The van der Waals surface area contributed by atoms with Crippen molar-refractivity contribution < 1.29 is 24.1 Å². The molecule has 186 valence electrons. The molecule has 5 rings (SSSR count). The number of rotatable bonds is 7. The number of benzene rings is 2. The van der Waals surface area contributed by atoms with Crippen molar-refractivity contribution in [2.75, 3.05) is 40.4 Å². The summed E-state index contributed by atoms with van der Waals surface area (Å²) in [6, 6.07) is 5.53. The number of allylic oxidation sites excluding steroid dienone is 1. The maximum absolute atomic E-state index is 13.7. The van der Waals surface area contributed by atoms with Gasteiger partial charge < -0.3 is 19.3 Å². The third kappa shape index (κ3) is 4.39. The van der Waals surface area contributed by atoms with E-state index < -0.39 is 0 Å². The van der Waals surface area contributed by atoms with Gasteiger partial charge in [-0.25, -0.2) is 0 Å². The SMILES string of the molecule is COc1cccc(C=C2Oc3c(CN4CCCC4)c(O)c(CN4CCCC4)c(C)c3C2=O)c1OC. The van der Waals surface area contributed by atoms with Gasteiger partial charge in [0.1, 0.15) is 11.5 Å². The maximum Gasteiger partial charge on any atom is 0.232 e. The van der Waals surface area contributed by atoms with E-state index in [-0.39, 0.29) is 17.3 Å². The molecule has 1 N–H and O–H groups in total. The number of phenols is 1. The molecule has 0 saturated carbocycles. The largest absolute Gasteiger partial charge is 0.507 e. The average Bonchev–Trinajstić information content (AvgIpc) is 3.62. The minimum Gasteiger partial charge on any atom is -0.507 e. The molecule has 2 aromatic rings. The fourth-order valence-electron chi connectivity index (χ4n) is 5.54. The van der Waals surface area contributed by atoms with Gasteiger partial charge in [0.25, 0.3) is 0 Å². The van der Waals surface area contributed by atoms with Crippen LogP contribution in [-0.4, -0.2) is 61.1 Å². The molecule has 7 nitrogen and oxygen atoms in total. The molecule has 35 heavy (non-hydrogen) atoms. The Kier molecular flexibility index (Phi) is 6.71. The van der Waals surface area contributed by atoms with Crippen LogP contribution in [0, 0.1) is 6.92 Å². The molecule has 0 radical (unpaired) electrons. The molecule has 2 aromatic carbocycles. The minimum atomic E-state index is -0.160. The summed E-state index contributed by atoms with van der Waals surface area (Å²) in [5.74, 6) is 1.97. The molecular weight excluding hydrogens is 444 g/mol. The van der Waals surface area contributed by atoms with Crippen molar-refractivity contribution in [1.82, 2.24) is 9.80 Å². The fourth-order valence-corrected chi connectivity index (χ4v) is 5.54. The summed E-state index contributed by atoms with van der Waals surface area (Å²) in [7, 11) is 3.16. The standard InChI is InChI=1S/C28H34N2O5/c1-18-20(16-29-11-4-5-12-29)25(31)21(17-30-13-6-7-14-30)28-24(18)26(32)23(35-28)15-19-9-8-10-22(33-2)27(19)34-3/h8-10,15,31H,4-7,11-14,16-17H2,1-3H3. The van der Waals surface area contributed by atoms with Gasteiger partial charge in [0, 0.05) is 24.2 Å². The summed E-state index contributed by atoms with van der Waals surface area (Å²) in [5, 5.41) is 11.5. The molecule has 2 fully saturated rings. The van der Waals surface area contributed by atoms with Gasteiger partial charge in [-0.2, -0.15) is 0 Å². The zero-order chi connectivity index (χ0) is 24.5.